The minimum absolute atomic E-state index is 0.142. The molecular weight excluding hydrogens is 186 g/mol. The van der Waals surface area contributed by atoms with Gasteiger partial charge in [-0.3, -0.25) is 4.98 Å². The summed E-state index contributed by atoms with van der Waals surface area (Å²) < 4.78 is 0. The van der Waals surface area contributed by atoms with Gasteiger partial charge < -0.3 is 11.1 Å². The summed E-state index contributed by atoms with van der Waals surface area (Å²) in [5, 5.41) is 3.52. The zero-order chi connectivity index (χ0) is 10.5. The van der Waals surface area contributed by atoms with Crippen LogP contribution in [-0.2, 0) is 0 Å². The van der Waals surface area contributed by atoms with E-state index in [-0.39, 0.29) is 6.04 Å². The molecule has 0 aromatic carbocycles. The third kappa shape index (κ3) is 3.01. The van der Waals surface area contributed by atoms with E-state index in [0.29, 0.717) is 6.04 Å². The number of piperidine rings is 1. The first-order chi connectivity index (χ1) is 7.36. The molecule has 0 bridgehead atoms. The molecule has 0 amide bonds. The van der Waals surface area contributed by atoms with Crippen molar-refractivity contribution in [3.63, 3.8) is 0 Å². The molecule has 1 saturated heterocycles. The van der Waals surface area contributed by atoms with Crippen molar-refractivity contribution in [1.29, 1.82) is 0 Å². The predicted molar refractivity (Wildman–Crippen MR) is 61.4 cm³/mol. The van der Waals surface area contributed by atoms with Gasteiger partial charge in [0.05, 0.1) is 0 Å². The third-order valence-corrected chi connectivity index (χ3v) is 3.09. The summed E-state index contributed by atoms with van der Waals surface area (Å²) in [6.07, 6.45) is 8.55. The van der Waals surface area contributed by atoms with Crippen molar-refractivity contribution in [2.24, 2.45) is 5.73 Å². The summed E-state index contributed by atoms with van der Waals surface area (Å²) in [7, 11) is 0. The Balaban J connectivity index is 1.88. The fourth-order valence-electron chi connectivity index (χ4n) is 2.18. The van der Waals surface area contributed by atoms with Crippen LogP contribution in [0, 0.1) is 0 Å². The van der Waals surface area contributed by atoms with Crippen molar-refractivity contribution in [1.82, 2.24) is 10.3 Å². The van der Waals surface area contributed by atoms with E-state index in [0.717, 1.165) is 13.0 Å². The minimum Gasteiger partial charge on any atom is -0.324 e. The molecule has 2 unspecified atom stereocenters. The zero-order valence-corrected chi connectivity index (χ0v) is 9.02. The number of hydrogen-bond acceptors (Lipinski definition) is 3. The maximum atomic E-state index is 6.16. The number of aromatic nitrogens is 1. The van der Waals surface area contributed by atoms with Gasteiger partial charge in [-0.1, -0.05) is 6.42 Å². The molecule has 2 atom stereocenters. The van der Waals surface area contributed by atoms with E-state index in [4.69, 9.17) is 5.73 Å². The van der Waals surface area contributed by atoms with Crippen molar-refractivity contribution in [3.05, 3.63) is 30.1 Å². The topological polar surface area (TPSA) is 50.9 Å². The quantitative estimate of drug-likeness (QED) is 0.788. The second-order valence-electron chi connectivity index (χ2n) is 4.27. The van der Waals surface area contributed by atoms with Gasteiger partial charge in [-0.25, -0.2) is 0 Å². The molecule has 82 valence electrons. The number of pyridine rings is 1. The molecular formula is C12H19N3. The molecule has 1 aromatic rings. The summed E-state index contributed by atoms with van der Waals surface area (Å²) in [6, 6.07) is 4.76. The Morgan fingerprint density at radius 1 is 1.40 bits per heavy atom. The van der Waals surface area contributed by atoms with Crippen LogP contribution in [0.1, 0.15) is 37.3 Å². The highest BCUT2D eigenvalue weighted by atomic mass is 14.9. The molecule has 0 aliphatic carbocycles. The maximum absolute atomic E-state index is 6.16. The van der Waals surface area contributed by atoms with Gasteiger partial charge in [0.15, 0.2) is 0 Å². The van der Waals surface area contributed by atoms with Crippen molar-refractivity contribution in [3.8, 4) is 0 Å². The summed E-state index contributed by atoms with van der Waals surface area (Å²) in [4.78, 5) is 4.00. The van der Waals surface area contributed by atoms with E-state index in [1.807, 2.05) is 24.5 Å². The molecule has 3 N–H and O–H groups in total. The van der Waals surface area contributed by atoms with Gasteiger partial charge in [0, 0.05) is 24.5 Å². The lowest BCUT2D eigenvalue weighted by molar-refractivity contribution is 0.362. The molecule has 2 heterocycles. The van der Waals surface area contributed by atoms with E-state index in [2.05, 4.69) is 10.3 Å². The maximum Gasteiger partial charge on any atom is 0.0310 e. The standard InChI is InChI=1S/C12H19N3/c13-12(10-4-7-14-8-5-10)9-11-3-1-2-6-15-11/h4-5,7-8,11-12,15H,1-3,6,9,13H2. The Kier molecular flexibility index (Phi) is 3.69. The first-order valence-corrected chi connectivity index (χ1v) is 5.75. The van der Waals surface area contributed by atoms with Crippen LogP contribution in [0.5, 0.6) is 0 Å². The highest BCUT2D eigenvalue weighted by molar-refractivity contribution is 5.14. The van der Waals surface area contributed by atoms with Crippen LogP contribution < -0.4 is 11.1 Å². The van der Waals surface area contributed by atoms with Gasteiger partial charge in [-0.15, -0.1) is 0 Å². The second-order valence-corrected chi connectivity index (χ2v) is 4.27. The fraction of sp³-hybridized carbons (Fsp3) is 0.583. The SMILES string of the molecule is NC(CC1CCCCN1)c1ccncc1. The fourth-order valence-corrected chi connectivity index (χ4v) is 2.18. The van der Waals surface area contributed by atoms with E-state index < -0.39 is 0 Å². The van der Waals surface area contributed by atoms with Gasteiger partial charge >= 0.3 is 0 Å². The van der Waals surface area contributed by atoms with E-state index in [9.17, 15) is 0 Å². The van der Waals surface area contributed by atoms with Crippen molar-refractivity contribution in [2.75, 3.05) is 6.54 Å². The molecule has 15 heavy (non-hydrogen) atoms. The second kappa shape index (κ2) is 5.24. The van der Waals surface area contributed by atoms with Crippen LogP contribution in [0.25, 0.3) is 0 Å². The van der Waals surface area contributed by atoms with E-state index >= 15 is 0 Å². The average molecular weight is 205 g/mol. The molecule has 1 aliphatic rings. The number of nitrogens with two attached hydrogens (primary N) is 1. The lowest BCUT2D eigenvalue weighted by Gasteiger charge is -2.26. The molecule has 1 aromatic heterocycles. The lowest BCUT2D eigenvalue weighted by atomic mass is 9.95. The molecule has 3 nitrogen and oxygen atoms in total. The van der Waals surface area contributed by atoms with Crippen molar-refractivity contribution >= 4 is 0 Å². The molecule has 3 heteroatoms. The third-order valence-electron chi connectivity index (χ3n) is 3.09. The normalized spacial score (nSPS) is 23.7. The zero-order valence-electron chi connectivity index (χ0n) is 9.02. The molecule has 2 rings (SSSR count). The summed E-state index contributed by atoms with van der Waals surface area (Å²) >= 11 is 0. The van der Waals surface area contributed by atoms with Crippen LogP contribution in [0.3, 0.4) is 0 Å². The number of rotatable bonds is 3. The Hall–Kier alpha value is -0.930. The van der Waals surface area contributed by atoms with Crippen LogP contribution in [0.4, 0.5) is 0 Å². The van der Waals surface area contributed by atoms with Crippen LogP contribution in [-0.4, -0.2) is 17.6 Å². The number of nitrogens with zero attached hydrogens (tertiary/aromatic N) is 1. The van der Waals surface area contributed by atoms with E-state index in [1.165, 1.54) is 24.8 Å². The first-order valence-electron chi connectivity index (χ1n) is 5.75. The average Bonchev–Trinajstić information content (AvgIpc) is 2.31. The van der Waals surface area contributed by atoms with Crippen molar-refractivity contribution < 1.29 is 0 Å². The summed E-state index contributed by atoms with van der Waals surface area (Å²) in [5.74, 6) is 0. The van der Waals surface area contributed by atoms with Gasteiger partial charge in [-0.2, -0.15) is 0 Å². The number of hydrogen-bond donors (Lipinski definition) is 2. The predicted octanol–water partition coefficient (Wildman–Crippen LogP) is 1.61. The largest absolute Gasteiger partial charge is 0.324 e. The van der Waals surface area contributed by atoms with Crippen LogP contribution in [0.2, 0.25) is 0 Å². The van der Waals surface area contributed by atoms with Crippen LogP contribution in [0.15, 0.2) is 24.5 Å². The van der Waals surface area contributed by atoms with Gasteiger partial charge in [-0.05, 0) is 43.5 Å². The monoisotopic (exact) mass is 205 g/mol. The summed E-state index contributed by atoms with van der Waals surface area (Å²) in [6.45, 7) is 1.15. The van der Waals surface area contributed by atoms with Gasteiger partial charge in [0.2, 0.25) is 0 Å². The highest BCUT2D eigenvalue weighted by Crippen LogP contribution is 2.19. The van der Waals surface area contributed by atoms with Crippen LogP contribution >= 0.6 is 0 Å². The first kappa shape index (κ1) is 10.6. The molecule has 0 radical (unpaired) electrons. The molecule has 1 aliphatic heterocycles. The Labute approximate surface area is 91.1 Å². The van der Waals surface area contributed by atoms with E-state index in [1.54, 1.807) is 0 Å². The Morgan fingerprint density at radius 3 is 2.87 bits per heavy atom. The lowest BCUT2D eigenvalue weighted by Crippen LogP contribution is -2.36. The molecule has 0 saturated carbocycles. The summed E-state index contributed by atoms with van der Waals surface area (Å²) in [5.41, 5.74) is 7.35. The number of nitrogens with one attached hydrogen (secondary N) is 1. The highest BCUT2D eigenvalue weighted by Gasteiger charge is 2.16. The Bertz CT molecular complexity index is 280. The van der Waals surface area contributed by atoms with Crippen molar-refractivity contribution in [2.45, 2.75) is 37.8 Å². The molecule has 0 spiro atoms. The van der Waals surface area contributed by atoms with Gasteiger partial charge in [0.25, 0.3) is 0 Å². The Morgan fingerprint density at radius 2 is 2.20 bits per heavy atom. The minimum atomic E-state index is 0.142. The smallest absolute Gasteiger partial charge is 0.0310 e. The van der Waals surface area contributed by atoms with Gasteiger partial charge in [0.1, 0.15) is 0 Å². The molecule has 1 fully saturated rings.